The summed E-state index contributed by atoms with van der Waals surface area (Å²) in [4.78, 5) is 0. The summed E-state index contributed by atoms with van der Waals surface area (Å²) < 4.78 is 0. The molecule has 106 valence electrons. The highest BCUT2D eigenvalue weighted by molar-refractivity contribution is 6.30. The van der Waals surface area contributed by atoms with Gasteiger partial charge in [0.25, 0.3) is 0 Å². The first-order chi connectivity index (χ1) is 9.65. The summed E-state index contributed by atoms with van der Waals surface area (Å²) in [6.07, 6.45) is 2.58. The lowest BCUT2D eigenvalue weighted by Gasteiger charge is -2.01. The lowest BCUT2D eigenvalue weighted by atomic mass is 10.0. The summed E-state index contributed by atoms with van der Waals surface area (Å²) in [5.74, 6) is 0. The zero-order chi connectivity index (χ0) is 15.0. The maximum absolute atomic E-state index is 7.00. The van der Waals surface area contributed by atoms with Crippen LogP contribution in [0.4, 0.5) is 0 Å². The third-order valence-electron chi connectivity index (χ3n) is 2.83. The van der Waals surface area contributed by atoms with Crippen molar-refractivity contribution in [2.45, 2.75) is 19.8 Å². The molecule has 0 radical (unpaired) electrons. The number of allylic oxidation sites excluding steroid dienone is 1. The molecule has 20 heavy (non-hydrogen) atoms. The second kappa shape index (κ2) is 8.57. The zero-order valence-corrected chi connectivity index (χ0v) is 12.8. The Morgan fingerprint density at radius 3 is 1.55 bits per heavy atom. The van der Waals surface area contributed by atoms with E-state index in [1.165, 1.54) is 35.1 Å². The molecule has 2 aromatic carbocycles. The molecule has 0 heterocycles. The van der Waals surface area contributed by atoms with Crippen LogP contribution in [0.15, 0.2) is 60.7 Å². The Hall–Kier alpha value is -1.57. The van der Waals surface area contributed by atoms with E-state index in [0.29, 0.717) is 0 Å². The fraction of sp³-hybridized carbons (Fsp3) is 0.222. The Bertz CT molecular complexity index is 477. The molecular formula is C18H21ClO. The number of aliphatic hydroxyl groups excluding tert-OH is 1. The molecule has 0 aromatic heterocycles. The standard InChI is InChI=1S/C13H11Cl.C4H6.CH4O/c1-10-2-4-11(5-3-10)12-6-8-13(14)9-7-12;1-4-2-3-4;1-2/h2-9H,1H3;1-3H2;2H,1H3. The molecule has 0 unspecified atom stereocenters. The Morgan fingerprint density at radius 1 is 0.850 bits per heavy atom. The van der Waals surface area contributed by atoms with Crippen molar-refractivity contribution in [3.05, 3.63) is 71.3 Å². The number of halogens is 1. The van der Waals surface area contributed by atoms with Gasteiger partial charge in [0.05, 0.1) is 0 Å². The van der Waals surface area contributed by atoms with Gasteiger partial charge in [-0.3, -0.25) is 0 Å². The van der Waals surface area contributed by atoms with Crippen LogP contribution in [-0.2, 0) is 0 Å². The molecule has 3 rings (SSSR count). The lowest BCUT2D eigenvalue weighted by Crippen LogP contribution is -1.77. The normalized spacial score (nSPS) is 11.7. The van der Waals surface area contributed by atoms with Gasteiger partial charge in [-0.1, -0.05) is 65.7 Å². The first-order valence-electron chi connectivity index (χ1n) is 6.59. The molecule has 0 aliphatic heterocycles. The highest BCUT2D eigenvalue weighted by atomic mass is 35.5. The summed E-state index contributed by atoms with van der Waals surface area (Å²) in [6, 6.07) is 16.4. The Morgan fingerprint density at radius 2 is 1.20 bits per heavy atom. The van der Waals surface area contributed by atoms with Crippen LogP contribution in [0.5, 0.6) is 0 Å². The van der Waals surface area contributed by atoms with Crippen molar-refractivity contribution >= 4 is 11.6 Å². The maximum Gasteiger partial charge on any atom is 0.0406 e. The molecule has 1 fully saturated rings. The topological polar surface area (TPSA) is 20.2 Å². The number of aryl methyl sites for hydroxylation is 1. The summed E-state index contributed by atoms with van der Waals surface area (Å²) in [5.41, 5.74) is 5.13. The molecule has 0 amide bonds. The SMILES string of the molecule is C=C1CC1.CO.Cc1ccc(-c2ccc(Cl)cc2)cc1. The van der Waals surface area contributed by atoms with E-state index in [1.54, 1.807) is 0 Å². The van der Waals surface area contributed by atoms with Crippen molar-refractivity contribution in [1.29, 1.82) is 0 Å². The molecule has 0 saturated heterocycles. The van der Waals surface area contributed by atoms with E-state index in [4.69, 9.17) is 16.7 Å². The van der Waals surface area contributed by atoms with Gasteiger partial charge in [-0.2, -0.15) is 0 Å². The van der Waals surface area contributed by atoms with Crippen LogP contribution in [-0.4, -0.2) is 12.2 Å². The zero-order valence-electron chi connectivity index (χ0n) is 12.1. The van der Waals surface area contributed by atoms with Gasteiger partial charge in [-0.25, -0.2) is 0 Å². The van der Waals surface area contributed by atoms with Crippen LogP contribution in [0.2, 0.25) is 5.02 Å². The van der Waals surface area contributed by atoms with Gasteiger partial charge >= 0.3 is 0 Å². The molecule has 0 atom stereocenters. The van der Waals surface area contributed by atoms with Crippen molar-refractivity contribution < 1.29 is 5.11 Å². The predicted octanol–water partition coefficient (Wildman–Crippen LogP) is 5.26. The number of hydrogen-bond acceptors (Lipinski definition) is 1. The number of hydrogen-bond donors (Lipinski definition) is 1. The Kier molecular flexibility index (Phi) is 7.06. The van der Waals surface area contributed by atoms with E-state index in [2.05, 4.69) is 37.8 Å². The molecule has 1 aliphatic rings. The minimum Gasteiger partial charge on any atom is -0.400 e. The highest BCUT2D eigenvalue weighted by Gasteiger charge is 2.04. The second-order valence-corrected chi connectivity index (χ2v) is 5.06. The van der Waals surface area contributed by atoms with E-state index < -0.39 is 0 Å². The van der Waals surface area contributed by atoms with Crippen molar-refractivity contribution in [3.63, 3.8) is 0 Å². The van der Waals surface area contributed by atoms with Gasteiger partial charge in [0.2, 0.25) is 0 Å². The molecule has 2 aromatic rings. The van der Waals surface area contributed by atoms with Gasteiger partial charge in [-0.15, -0.1) is 0 Å². The van der Waals surface area contributed by atoms with Gasteiger partial charge < -0.3 is 5.11 Å². The summed E-state index contributed by atoms with van der Waals surface area (Å²) in [7, 11) is 1.00. The minimum absolute atomic E-state index is 0.779. The van der Waals surface area contributed by atoms with Crippen LogP contribution >= 0.6 is 11.6 Å². The smallest absolute Gasteiger partial charge is 0.0406 e. The monoisotopic (exact) mass is 288 g/mol. The highest BCUT2D eigenvalue weighted by Crippen LogP contribution is 2.23. The predicted molar refractivity (Wildman–Crippen MR) is 88.1 cm³/mol. The van der Waals surface area contributed by atoms with Crippen LogP contribution in [0.3, 0.4) is 0 Å². The van der Waals surface area contributed by atoms with E-state index in [1.807, 2.05) is 24.3 Å². The van der Waals surface area contributed by atoms with Crippen molar-refractivity contribution in [3.8, 4) is 11.1 Å². The maximum atomic E-state index is 7.00. The number of rotatable bonds is 1. The van der Waals surface area contributed by atoms with Crippen LogP contribution in [0.1, 0.15) is 18.4 Å². The second-order valence-electron chi connectivity index (χ2n) is 4.62. The Balaban J connectivity index is 0.000000281. The molecule has 1 saturated carbocycles. The molecule has 0 spiro atoms. The van der Waals surface area contributed by atoms with Crippen molar-refractivity contribution in [2.75, 3.05) is 7.11 Å². The first kappa shape index (κ1) is 16.5. The van der Waals surface area contributed by atoms with E-state index in [-0.39, 0.29) is 0 Å². The molecule has 1 aliphatic carbocycles. The van der Waals surface area contributed by atoms with Gasteiger partial charge in [0, 0.05) is 12.1 Å². The minimum atomic E-state index is 0.779. The van der Waals surface area contributed by atoms with E-state index in [0.717, 1.165) is 12.1 Å². The first-order valence-corrected chi connectivity index (χ1v) is 6.97. The third kappa shape index (κ3) is 6.05. The number of benzene rings is 2. The van der Waals surface area contributed by atoms with Crippen LogP contribution in [0, 0.1) is 6.92 Å². The summed E-state index contributed by atoms with van der Waals surface area (Å²) in [5, 5.41) is 7.78. The average molecular weight is 289 g/mol. The molecular weight excluding hydrogens is 268 g/mol. The molecule has 1 nitrogen and oxygen atoms in total. The molecule has 2 heteroatoms. The van der Waals surface area contributed by atoms with Gasteiger partial charge in [-0.05, 0) is 43.0 Å². The fourth-order valence-electron chi connectivity index (χ4n) is 1.48. The fourth-order valence-corrected chi connectivity index (χ4v) is 1.60. The van der Waals surface area contributed by atoms with Gasteiger partial charge in [0.1, 0.15) is 0 Å². The average Bonchev–Trinajstić information content (AvgIpc) is 3.26. The Labute approximate surface area is 126 Å². The van der Waals surface area contributed by atoms with Crippen LogP contribution in [0.25, 0.3) is 11.1 Å². The van der Waals surface area contributed by atoms with Crippen molar-refractivity contribution in [2.24, 2.45) is 0 Å². The van der Waals surface area contributed by atoms with E-state index >= 15 is 0 Å². The lowest BCUT2D eigenvalue weighted by molar-refractivity contribution is 0.399. The summed E-state index contributed by atoms with van der Waals surface area (Å²) >= 11 is 5.82. The molecule has 0 bridgehead atoms. The molecule has 1 N–H and O–H groups in total. The van der Waals surface area contributed by atoms with E-state index in [9.17, 15) is 0 Å². The summed E-state index contributed by atoms with van der Waals surface area (Å²) in [6.45, 7) is 5.76. The third-order valence-corrected chi connectivity index (χ3v) is 3.08. The van der Waals surface area contributed by atoms with Crippen molar-refractivity contribution in [1.82, 2.24) is 0 Å². The van der Waals surface area contributed by atoms with Crippen LogP contribution < -0.4 is 0 Å². The van der Waals surface area contributed by atoms with Gasteiger partial charge in [0.15, 0.2) is 0 Å². The largest absolute Gasteiger partial charge is 0.400 e. The quantitative estimate of drug-likeness (QED) is 0.710. The number of aliphatic hydroxyl groups is 1.